The van der Waals surface area contributed by atoms with Crippen LogP contribution in [-0.4, -0.2) is 33.5 Å². The van der Waals surface area contributed by atoms with E-state index in [9.17, 15) is 18.0 Å². The van der Waals surface area contributed by atoms with E-state index in [1.54, 1.807) is 11.3 Å². The summed E-state index contributed by atoms with van der Waals surface area (Å²) in [6.07, 6.45) is -0.312. The summed E-state index contributed by atoms with van der Waals surface area (Å²) in [6.45, 7) is 2.04. The third kappa shape index (κ3) is 8.48. The zero-order valence-electron chi connectivity index (χ0n) is 19.3. The van der Waals surface area contributed by atoms with Crippen LogP contribution >= 0.6 is 34.5 Å². The van der Waals surface area contributed by atoms with Gasteiger partial charge >= 0.3 is 6.18 Å². The van der Waals surface area contributed by atoms with Gasteiger partial charge in [0.2, 0.25) is 5.91 Å². The number of thiazole rings is 1. The highest BCUT2D eigenvalue weighted by atomic mass is 35.5. The molecular formula is C25H21Cl2F3N3O3S-. The lowest BCUT2D eigenvalue weighted by atomic mass is 9.86. The molecule has 0 unspecified atom stereocenters. The summed E-state index contributed by atoms with van der Waals surface area (Å²) < 4.78 is 33.5. The molecule has 1 N–H and O–H groups in total. The largest absolute Gasteiger partial charge is 0.542 e. The first-order chi connectivity index (χ1) is 17.4. The number of rotatable bonds is 7. The highest BCUT2D eigenvalue weighted by molar-refractivity contribution is 7.15. The van der Waals surface area contributed by atoms with Crippen molar-refractivity contribution in [2.24, 2.45) is 0 Å². The summed E-state index contributed by atoms with van der Waals surface area (Å²) in [5, 5.41) is 15.3. The molecule has 6 nitrogen and oxygen atoms in total. The van der Waals surface area contributed by atoms with Crippen molar-refractivity contribution >= 4 is 51.4 Å². The first kappa shape index (κ1) is 28.5. The Hall–Kier alpha value is -3.08. The highest BCUT2D eigenvalue weighted by Gasteiger charge is 2.28. The Labute approximate surface area is 224 Å². The number of carbonyl (C=O) groups is 2. The number of amides is 1. The number of benzene rings is 2. The van der Waals surface area contributed by atoms with Gasteiger partial charge in [-0.15, -0.1) is 11.3 Å². The number of imidazole rings is 1. The van der Waals surface area contributed by atoms with Crippen LogP contribution in [0, 0.1) is 0 Å². The van der Waals surface area contributed by atoms with Crippen molar-refractivity contribution in [1.82, 2.24) is 14.7 Å². The summed E-state index contributed by atoms with van der Waals surface area (Å²) in [7, 11) is 0. The molecule has 37 heavy (non-hydrogen) atoms. The first-order valence-corrected chi connectivity index (χ1v) is 12.5. The van der Waals surface area contributed by atoms with E-state index in [2.05, 4.69) is 10.3 Å². The zero-order valence-corrected chi connectivity index (χ0v) is 21.7. The molecule has 0 aliphatic rings. The lowest BCUT2D eigenvalue weighted by molar-refractivity contribution is -0.344. The van der Waals surface area contributed by atoms with Crippen LogP contribution in [0.2, 0.25) is 10.0 Å². The molecular weight excluding hydrogens is 550 g/mol. The Kier molecular flexibility index (Phi) is 9.58. The van der Waals surface area contributed by atoms with Crippen molar-refractivity contribution in [3.63, 3.8) is 0 Å². The van der Waals surface area contributed by atoms with E-state index in [-0.39, 0.29) is 24.3 Å². The average molecular weight is 571 g/mol. The number of fused-ring (bicyclic) bond motifs is 1. The fraction of sp³-hybridized carbons (Fsp3) is 0.240. The van der Waals surface area contributed by atoms with Gasteiger partial charge in [-0.05, 0) is 48.7 Å². The van der Waals surface area contributed by atoms with E-state index in [0.717, 1.165) is 28.2 Å². The maximum absolute atomic E-state index is 12.7. The summed E-state index contributed by atoms with van der Waals surface area (Å²) in [5.74, 6) is -2.95. The molecule has 0 saturated carbocycles. The van der Waals surface area contributed by atoms with Gasteiger partial charge in [0.25, 0.3) is 0 Å². The number of aliphatic carboxylic acids is 1. The van der Waals surface area contributed by atoms with E-state index >= 15 is 0 Å². The van der Waals surface area contributed by atoms with Crippen molar-refractivity contribution in [3.05, 3.63) is 93.2 Å². The summed E-state index contributed by atoms with van der Waals surface area (Å²) in [6, 6.07) is 15.6. The van der Waals surface area contributed by atoms with Crippen molar-refractivity contribution < 1.29 is 27.9 Å². The van der Waals surface area contributed by atoms with E-state index < -0.39 is 12.1 Å². The Balaban J connectivity index is 0.000000479. The lowest BCUT2D eigenvalue weighted by Gasteiger charge is -2.26. The van der Waals surface area contributed by atoms with Crippen molar-refractivity contribution in [2.45, 2.75) is 37.9 Å². The topological polar surface area (TPSA) is 86.5 Å². The second kappa shape index (κ2) is 12.4. The van der Waals surface area contributed by atoms with E-state index in [4.69, 9.17) is 33.1 Å². The van der Waals surface area contributed by atoms with Crippen LogP contribution in [0.3, 0.4) is 0 Å². The number of nitrogens with one attached hydrogen (secondary N) is 1. The van der Waals surface area contributed by atoms with Crippen LogP contribution in [0.25, 0.3) is 4.96 Å². The number of alkyl halides is 3. The fourth-order valence-electron chi connectivity index (χ4n) is 3.60. The molecule has 1 amide bonds. The van der Waals surface area contributed by atoms with Crippen LogP contribution in [-0.2, 0) is 22.4 Å². The number of carboxylic acids is 1. The van der Waals surface area contributed by atoms with Crippen molar-refractivity contribution in [3.8, 4) is 0 Å². The third-order valence-corrected chi connectivity index (χ3v) is 6.65. The molecule has 0 bridgehead atoms. The monoisotopic (exact) mass is 570 g/mol. The molecule has 0 aliphatic carbocycles. The molecule has 0 fully saturated rings. The normalized spacial score (nSPS) is 12.9. The molecule has 2 heterocycles. The van der Waals surface area contributed by atoms with Crippen LogP contribution in [0.1, 0.15) is 29.7 Å². The number of hydrogen-bond donors (Lipinski definition) is 1. The van der Waals surface area contributed by atoms with E-state index in [1.165, 1.54) is 0 Å². The third-order valence-electron chi connectivity index (χ3n) is 5.38. The molecule has 12 heteroatoms. The molecule has 2 aromatic heterocycles. The van der Waals surface area contributed by atoms with Gasteiger partial charge in [-0.1, -0.05) is 47.5 Å². The van der Waals surface area contributed by atoms with Gasteiger partial charge in [0.15, 0.2) is 4.96 Å². The SMILES string of the molecule is C[C@@H](NC(=O)Cc1cn2ccsc2n1)[C@H](Cc1ccc(Cl)cc1)c1ccc(Cl)cc1.O=C([O-])C(F)(F)F. The van der Waals surface area contributed by atoms with Gasteiger partial charge in [-0.3, -0.25) is 9.20 Å². The van der Waals surface area contributed by atoms with Gasteiger partial charge < -0.3 is 15.2 Å². The molecule has 0 radical (unpaired) electrons. The maximum atomic E-state index is 12.7. The minimum atomic E-state index is -5.19. The Morgan fingerprint density at radius 1 is 1.08 bits per heavy atom. The van der Waals surface area contributed by atoms with Crippen LogP contribution in [0.4, 0.5) is 13.2 Å². The predicted molar refractivity (Wildman–Crippen MR) is 135 cm³/mol. The first-order valence-electron chi connectivity index (χ1n) is 10.9. The molecule has 0 aliphatic heterocycles. The minimum Gasteiger partial charge on any atom is -0.542 e. The summed E-state index contributed by atoms with van der Waals surface area (Å²) in [5.41, 5.74) is 3.06. The Bertz CT molecular complexity index is 1310. The average Bonchev–Trinajstić information content (AvgIpc) is 3.41. The summed E-state index contributed by atoms with van der Waals surface area (Å²) in [4.78, 5) is 26.9. The number of halogens is 5. The molecule has 196 valence electrons. The number of aromatic nitrogens is 2. The maximum Gasteiger partial charge on any atom is 0.430 e. The zero-order chi connectivity index (χ0) is 27.2. The standard InChI is InChI=1S/C23H21Cl2N3OS.C2HF3O2/c1-15(26-22(29)13-20-14-28-10-11-30-23(28)27-20)21(17-4-8-19(25)9-5-17)12-16-2-6-18(24)7-3-16;3-2(4,5)1(6)7/h2-11,14-15,21H,12-13H2,1H3,(H,26,29);(H,6,7)/p-1/t15-,21+;/m1./s1. The predicted octanol–water partition coefficient (Wildman–Crippen LogP) is 5.07. The second-order valence-electron chi connectivity index (χ2n) is 8.13. The second-order valence-corrected chi connectivity index (χ2v) is 9.88. The highest BCUT2D eigenvalue weighted by Crippen LogP contribution is 2.27. The van der Waals surface area contributed by atoms with Crippen molar-refractivity contribution in [1.29, 1.82) is 0 Å². The van der Waals surface area contributed by atoms with Crippen LogP contribution in [0.5, 0.6) is 0 Å². The van der Waals surface area contributed by atoms with Crippen LogP contribution in [0.15, 0.2) is 66.3 Å². The van der Waals surface area contributed by atoms with E-state index in [1.807, 2.05) is 77.6 Å². The minimum absolute atomic E-state index is 0.0386. The van der Waals surface area contributed by atoms with Gasteiger partial charge in [-0.25, -0.2) is 4.98 Å². The molecule has 2 aromatic carbocycles. The van der Waals surface area contributed by atoms with Crippen LogP contribution < -0.4 is 10.4 Å². The molecule has 4 aromatic rings. The molecule has 0 saturated heterocycles. The molecule has 2 atom stereocenters. The number of carbonyl (C=O) groups excluding carboxylic acids is 2. The smallest absolute Gasteiger partial charge is 0.430 e. The Morgan fingerprint density at radius 2 is 1.65 bits per heavy atom. The van der Waals surface area contributed by atoms with Crippen molar-refractivity contribution in [2.75, 3.05) is 0 Å². The fourth-order valence-corrected chi connectivity index (χ4v) is 4.57. The Morgan fingerprint density at radius 3 is 2.19 bits per heavy atom. The summed E-state index contributed by atoms with van der Waals surface area (Å²) >= 11 is 13.7. The van der Waals surface area contributed by atoms with E-state index in [0.29, 0.717) is 10.0 Å². The lowest BCUT2D eigenvalue weighted by Crippen LogP contribution is -2.38. The van der Waals surface area contributed by atoms with Gasteiger partial charge in [0, 0.05) is 39.8 Å². The van der Waals surface area contributed by atoms with Gasteiger partial charge in [0.1, 0.15) is 5.97 Å². The van der Waals surface area contributed by atoms with Gasteiger partial charge in [0.05, 0.1) is 12.1 Å². The number of carboxylic acid groups (broad SMARTS) is 1. The molecule has 0 spiro atoms. The quantitative estimate of drug-likeness (QED) is 0.336. The number of hydrogen-bond acceptors (Lipinski definition) is 5. The number of nitrogens with zero attached hydrogens (tertiary/aromatic N) is 2. The molecule has 4 rings (SSSR count). The van der Waals surface area contributed by atoms with Gasteiger partial charge in [-0.2, -0.15) is 13.2 Å².